The van der Waals surface area contributed by atoms with E-state index in [4.69, 9.17) is 9.47 Å². The van der Waals surface area contributed by atoms with Crippen molar-refractivity contribution >= 4 is 5.97 Å². The van der Waals surface area contributed by atoms with Gasteiger partial charge in [-0.2, -0.15) is 0 Å². The minimum absolute atomic E-state index is 0.114. The van der Waals surface area contributed by atoms with Gasteiger partial charge in [0.05, 0.1) is 13.7 Å². The molecule has 0 aliphatic heterocycles. The molecule has 2 N–H and O–H groups in total. The molecular formula is C12H16O5. The first-order valence-electron chi connectivity index (χ1n) is 5.24. The fourth-order valence-corrected chi connectivity index (χ4v) is 1.54. The van der Waals surface area contributed by atoms with Crippen LogP contribution >= 0.6 is 0 Å². The number of benzene rings is 1. The van der Waals surface area contributed by atoms with Crippen molar-refractivity contribution in [3.05, 3.63) is 23.3 Å². The number of aryl methyl sites for hydroxylation is 1. The molecule has 5 nitrogen and oxygen atoms in total. The number of hydrogen-bond acceptors (Lipinski definition) is 5. The summed E-state index contributed by atoms with van der Waals surface area (Å²) in [5.74, 6) is -0.832. The lowest BCUT2D eigenvalue weighted by molar-refractivity contribution is -0.153. The summed E-state index contributed by atoms with van der Waals surface area (Å²) in [6, 6.07) is 3.21. The van der Waals surface area contributed by atoms with E-state index < -0.39 is 12.1 Å². The summed E-state index contributed by atoms with van der Waals surface area (Å²) in [7, 11) is 1.39. The first kappa shape index (κ1) is 13.3. The maximum absolute atomic E-state index is 11.4. The summed E-state index contributed by atoms with van der Waals surface area (Å²) in [6.45, 7) is 3.49. The van der Waals surface area contributed by atoms with Gasteiger partial charge in [0.25, 0.3) is 0 Å². The SMILES string of the molecule is CCOC(=O)C(O)c1c(C)ccc(OC)c1O. The molecule has 0 aliphatic carbocycles. The van der Waals surface area contributed by atoms with Crippen LogP contribution < -0.4 is 4.74 Å². The molecule has 1 atom stereocenters. The lowest BCUT2D eigenvalue weighted by atomic mass is 10.0. The number of aliphatic hydroxyl groups is 1. The maximum Gasteiger partial charge on any atom is 0.339 e. The first-order valence-corrected chi connectivity index (χ1v) is 5.24. The average molecular weight is 240 g/mol. The highest BCUT2D eigenvalue weighted by Gasteiger charge is 2.25. The number of phenols is 1. The highest BCUT2D eigenvalue weighted by Crippen LogP contribution is 2.36. The van der Waals surface area contributed by atoms with Crippen molar-refractivity contribution in [3.8, 4) is 11.5 Å². The molecule has 5 heteroatoms. The predicted octanol–water partition coefficient (Wildman–Crippen LogP) is 1.31. The smallest absolute Gasteiger partial charge is 0.339 e. The number of ether oxygens (including phenoxy) is 2. The highest BCUT2D eigenvalue weighted by atomic mass is 16.5. The van der Waals surface area contributed by atoms with Crippen LogP contribution in [-0.4, -0.2) is 29.9 Å². The molecular weight excluding hydrogens is 224 g/mol. The minimum Gasteiger partial charge on any atom is -0.504 e. The van der Waals surface area contributed by atoms with Gasteiger partial charge in [-0.1, -0.05) is 6.07 Å². The molecule has 94 valence electrons. The molecule has 0 saturated carbocycles. The number of aliphatic hydroxyl groups excluding tert-OH is 1. The largest absolute Gasteiger partial charge is 0.504 e. The summed E-state index contributed by atoms with van der Waals surface area (Å²) in [5.41, 5.74) is 0.701. The molecule has 1 aromatic rings. The summed E-state index contributed by atoms with van der Waals surface area (Å²) in [5, 5.41) is 19.7. The Morgan fingerprint density at radius 2 is 2.12 bits per heavy atom. The number of carbonyl (C=O) groups excluding carboxylic acids is 1. The third-order valence-electron chi connectivity index (χ3n) is 2.40. The molecule has 0 fully saturated rings. The number of methoxy groups -OCH3 is 1. The predicted molar refractivity (Wildman–Crippen MR) is 61.0 cm³/mol. The van der Waals surface area contributed by atoms with Crippen molar-refractivity contribution in [2.75, 3.05) is 13.7 Å². The van der Waals surface area contributed by atoms with Crippen LogP contribution in [0.5, 0.6) is 11.5 Å². The van der Waals surface area contributed by atoms with Crippen LogP contribution in [0.4, 0.5) is 0 Å². The first-order chi connectivity index (χ1) is 8.02. The molecule has 0 amide bonds. The Hall–Kier alpha value is -1.75. The zero-order chi connectivity index (χ0) is 13.0. The van der Waals surface area contributed by atoms with Crippen LogP contribution in [0.15, 0.2) is 12.1 Å². The van der Waals surface area contributed by atoms with Crippen molar-refractivity contribution in [2.24, 2.45) is 0 Å². The van der Waals surface area contributed by atoms with Crippen LogP contribution in [0.1, 0.15) is 24.2 Å². The fraction of sp³-hybridized carbons (Fsp3) is 0.417. The molecule has 0 aromatic heterocycles. The Morgan fingerprint density at radius 3 is 2.65 bits per heavy atom. The van der Waals surface area contributed by atoms with Gasteiger partial charge in [-0.05, 0) is 25.5 Å². The van der Waals surface area contributed by atoms with E-state index in [-0.39, 0.29) is 23.7 Å². The van der Waals surface area contributed by atoms with Crippen molar-refractivity contribution in [1.29, 1.82) is 0 Å². The Labute approximate surface area is 99.6 Å². The van der Waals surface area contributed by atoms with Gasteiger partial charge in [-0.25, -0.2) is 4.79 Å². The van der Waals surface area contributed by atoms with E-state index in [1.807, 2.05) is 0 Å². The van der Waals surface area contributed by atoms with Gasteiger partial charge in [-0.15, -0.1) is 0 Å². The highest BCUT2D eigenvalue weighted by molar-refractivity contribution is 5.78. The van der Waals surface area contributed by atoms with Gasteiger partial charge < -0.3 is 19.7 Å². The quantitative estimate of drug-likeness (QED) is 0.776. The fourth-order valence-electron chi connectivity index (χ4n) is 1.54. The van der Waals surface area contributed by atoms with Crippen molar-refractivity contribution < 1.29 is 24.5 Å². The summed E-state index contributed by atoms with van der Waals surface area (Å²) in [4.78, 5) is 11.4. The van der Waals surface area contributed by atoms with Gasteiger partial charge >= 0.3 is 5.97 Å². The number of rotatable bonds is 4. The molecule has 0 spiro atoms. The topological polar surface area (TPSA) is 76.0 Å². The van der Waals surface area contributed by atoms with Crippen LogP contribution in [0, 0.1) is 6.92 Å². The third-order valence-corrected chi connectivity index (χ3v) is 2.40. The number of carbonyl (C=O) groups is 1. The molecule has 0 saturated heterocycles. The Balaban J connectivity index is 3.16. The normalized spacial score (nSPS) is 12.0. The second-order valence-electron chi connectivity index (χ2n) is 3.50. The van der Waals surface area contributed by atoms with Gasteiger partial charge in [0, 0.05) is 5.56 Å². The van der Waals surface area contributed by atoms with E-state index in [2.05, 4.69) is 0 Å². The second-order valence-corrected chi connectivity index (χ2v) is 3.50. The second kappa shape index (κ2) is 5.54. The van der Waals surface area contributed by atoms with Crippen LogP contribution in [-0.2, 0) is 9.53 Å². The van der Waals surface area contributed by atoms with Gasteiger partial charge in [0.15, 0.2) is 17.6 Å². The summed E-state index contributed by atoms with van der Waals surface area (Å²) < 4.78 is 9.62. The van der Waals surface area contributed by atoms with E-state index in [1.165, 1.54) is 7.11 Å². The van der Waals surface area contributed by atoms with Gasteiger partial charge in [0.2, 0.25) is 0 Å². The Kier molecular flexibility index (Phi) is 4.34. The number of hydrogen-bond donors (Lipinski definition) is 2. The summed E-state index contributed by atoms with van der Waals surface area (Å²) >= 11 is 0. The molecule has 0 bridgehead atoms. The lowest BCUT2D eigenvalue weighted by Crippen LogP contribution is -2.16. The molecule has 0 aliphatic rings. The zero-order valence-electron chi connectivity index (χ0n) is 10.1. The molecule has 0 radical (unpaired) electrons. The zero-order valence-corrected chi connectivity index (χ0v) is 10.1. The molecule has 0 heterocycles. The van der Waals surface area contributed by atoms with Gasteiger partial charge in [-0.3, -0.25) is 0 Å². The van der Waals surface area contributed by atoms with Crippen molar-refractivity contribution in [2.45, 2.75) is 20.0 Å². The Bertz CT molecular complexity index is 414. The molecule has 1 aromatic carbocycles. The monoisotopic (exact) mass is 240 g/mol. The molecule has 1 rings (SSSR count). The van der Waals surface area contributed by atoms with Crippen molar-refractivity contribution in [1.82, 2.24) is 0 Å². The van der Waals surface area contributed by atoms with Gasteiger partial charge in [0.1, 0.15) is 0 Å². The molecule has 1 unspecified atom stereocenters. The van der Waals surface area contributed by atoms with Crippen LogP contribution in [0.25, 0.3) is 0 Å². The van der Waals surface area contributed by atoms with Crippen LogP contribution in [0.2, 0.25) is 0 Å². The standard InChI is InChI=1S/C12H16O5/c1-4-17-12(15)11(14)9-7(2)5-6-8(16-3)10(9)13/h5-6,11,13-14H,4H2,1-3H3. The van der Waals surface area contributed by atoms with E-state index in [0.717, 1.165) is 0 Å². The lowest BCUT2D eigenvalue weighted by Gasteiger charge is -2.16. The van der Waals surface area contributed by atoms with Crippen LogP contribution in [0.3, 0.4) is 0 Å². The van der Waals surface area contributed by atoms with E-state index >= 15 is 0 Å². The van der Waals surface area contributed by atoms with E-state index in [0.29, 0.717) is 5.56 Å². The Morgan fingerprint density at radius 1 is 1.47 bits per heavy atom. The third kappa shape index (κ3) is 2.68. The van der Waals surface area contributed by atoms with E-state index in [9.17, 15) is 15.0 Å². The summed E-state index contributed by atoms with van der Waals surface area (Å²) in [6.07, 6.45) is -1.51. The maximum atomic E-state index is 11.4. The molecule has 17 heavy (non-hydrogen) atoms. The number of aromatic hydroxyl groups is 1. The average Bonchev–Trinajstić information content (AvgIpc) is 2.29. The number of phenolic OH excluding ortho intramolecular Hbond substituents is 1. The van der Waals surface area contributed by atoms with Crippen molar-refractivity contribution in [3.63, 3.8) is 0 Å². The van der Waals surface area contributed by atoms with E-state index in [1.54, 1.807) is 26.0 Å². The minimum atomic E-state index is -1.51. The number of esters is 1.